The molecule has 0 bridgehead atoms. The van der Waals surface area contributed by atoms with Gasteiger partial charge in [0.15, 0.2) is 12.2 Å². The number of rotatable bonds is 0. The summed E-state index contributed by atoms with van der Waals surface area (Å²) in [4.78, 5) is 8.94. The standard InChI is InChI=1S/C3HO2/c4-2-1-3-5/h2H. The third-order valence-corrected chi connectivity index (χ3v) is 0.118. The number of hydrogen-bond donors (Lipinski definition) is 0. The smallest absolute Gasteiger partial charge is 0.196 e. The Hall–Kier alpha value is -0.970. The van der Waals surface area contributed by atoms with Crippen molar-refractivity contribution in [1.29, 1.82) is 0 Å². The third kappa shape index (κ3) is 3.03. The molecule has 5 heavy (non-hydrogen) atoms. The predicted molar refractivity (Wildman–Crippen MR) is 14.5 cm³/mol. The first-order valence-corrected chi connectivity index (χ1v) is 0.979. The molecule has 0 rings (SSSR count). The van der Waals surface area contributed by atoms with Gasteiger partial charge in [-0.25, -0.2) is 4.79 Å². The van der Waals surface area contributed by atoms with Gasteiger partial charge in [0.1, 0.15) is 0 Å². The van der Waals surface area contributed by atoms with E-state index in [1.807, 2.05) is 0 Å². The van der Waals surface area contributed by atoms with Crippen LogP contribution in [0.3, 0.4) is 0 Å². The summed E-state index contributed by atoms with van der Waals surface area (Å²) in [5.41, 5.74) is 1.62. The summed E-state index contributed by atoms with van der Waals surface area (Å²) in [6.45, 7) is 0. The van der Waals surface area contributed by atoms with Crippen LogP contribution < -0.4 is 0 Å². The molecule has 0 N–H and O–H groups in total. The maximum absolute atomic E-state index is 9.03. The molecule has 2 nitrogen and oxygen atoms in total. The summed E-state index contributed by atoms with van der Waals surface area (Å²) in [5, 5.41) is 9.03. The molecule has 0 fully saturated rings. The van der Waals surface area contributed by atoms with Crippen molar-refractivity contribution in [3.05, 3.63) is 12.0 Å². The lowest BCUT2D eigenvalue weighted by molar-refractivity contribution is 0.353. The third-order valence-electron chi connectivity index (χ3n) is 0.118. The van der Waals surface area contributed by atoms with Crippen LogP contribution in [0.2, 0.25) is 0 Å². The molecule has 0 unspecified atom stereocenters. The fraction of sp³-hybridized carbons (Fsp3) is 0. The molecule has 0 spiro atoms. The highest BCUT2D eigenvalue weighted by Crippen LogP contribution is 1.40. The molecule has 0 aliphatic rings. The van der Waals surface area contributed by atoms with Gasteiger partial charge in [0.25, 0.3) is 0 Å². The Kier molecular flexibility index (Phi) is 2.44. The Morgan fingerprint density at radius 1 is 1.60 bits per heavy atom. The van der Waals surface area contributed by atoms with Crippen LogP contribution >= 0.6 is 0 Å². The van der Waals surface area contributed by atoms with E-state index in [9.17, 15) is 0 Å². The molecule has 0 amide bonds. The molecule has 1 radical (unpaired) electrons. The second kappa shape index (κ2) is 3.03. The quantitative estimate of drug-likeness (QED) is 0.222. The van der Waals surface area contributed by atoms with Crippen molar-refractivity contribution in [2.24, 2.45) is 0 Å². The fourth-order valence-corrected chi connectivity index (χ4v) is 0.0241. The van der Waals surface area contributed by atoms with E-state index in [4.69, 9.17) is 9.90 Å². The van der Waals surface area contributed by atoms with Crippen LogP contribution in [-0.4, -0.2) is 5.94 Å². The highest BCUT2D eigenvalue weighted by atomic mass is 16.2. The van der Waals surface area contributed by atoms with E-state index in [0.29, 0.717) is 0 Å². The molecular formula is C3HO2. The number of hydrogen-bond acceptors (Lipinski definition) is 1. The molecule has 0 saturated carbocycles. The zero-order valence-corrected chi connectivity index (χ0v) is 2.39. The van der Waals surface area contributed by atoms with E-state index in [0.717, 1.165) is 5.94 Å². The van der Waals surface area contributed by atoms with E-state index in [2.05, 4.69) is 0 Å². The van der Waals surface area contributed by atoms with Gasteiger partial charge in [0.2, 0.25) is 0 Å². The lowest BCUT2D eigenvalue weighted by Crippen LogP contribution is -1.34. The van der Waals surface area contributed by atoms with Gasteiger partial charge >= 0.3 is 0 Å². The monoisotopic (exact) mass is 69.0 g/mol. The maximum atomic E-state index is 9.03. The van der Waals surface area contributed by atoms with Crippen LogP contribution in [0, 0.1) is 0 Å². The highest BCUT2D eigenvalue weighted by molar-refractivity contribution is 5.42. The van der Waals surface area contributed by atoms with Gasteiger partial charge in [0.05, 0.1) is 0 Å². The zero-order chi connectivity index (χ0) is 4.12. The van der Waals surface area contributed by atoms with Crippen LogP contribution in [0.25, 0.3) is 0 Å². The van der Waals surface area contributed by atoms with E-state index < -0.39 is 0 Å². The second-order valence-electron chi connectivity index (χ2n) is 0.364. The van der Waals surface area contributed by atoms with Gasteiger partial charge in [-0.1, -0.05) is 0 Å². The Balaban J connectivity index is 3.75. The van der Waals surface area contributed by atoms with Gasteiger partial charge in [-0.15, -0.1) is 0 Å². The molecule has 0 aromatic heterocycles. The fourth-order valence-electron chi connectivity index (χ4n) is 0.0241. The molecule has 25 valence electrons. The largest absolute Gasteiger partial charge is 0.289 e. The van der Waals surface area contributed by atoms with Crippen LogP contribution in [-0.2, 0) is 9.90 Å². The summed E-state index contributed by atoms with van der Waals surface area (Å²) in [7, 11) is 0. The highest BCUT2D eigenvalue weighted by Gasteiger charge is 1.40. The van der Waals surface area contributed by atoms with Gasteiger partial charge in [0, 0.05) is 5.73 Å². The molecule has 0 saturated heterocycles. The molecule has 0 heterocycles. The second-order valence-corrected chi connectivity index (χ2v) is 0.364. The van der Waals surface area contributed by atoms with Gasteiger partial charge in [-0.3, -0.25) is 5.11 Å². The minimum Gasteiger partial charge on any atom is -0.289 e. The lowest BCUT2D eigenvalue weighted by Gasteiger charge is -1.33. The molecule has 0 aliphatic carbocycles. The Labute approximate surface area is 29.0 Å². The summed E-state index contributed by atoms with van der Waals surface area (Å²) >= 11 is 0. The maximum Gasteiger partial charge on any atom is 0.196 e. The minimum absolute atomic E-state index is 0.257. The Morgan fingerprint density at radius 3 is 2.20 bits per heavy atom. The van der Waals surface area contributed by atoms with E-state index in [-0.39, 0.29) is 6.26 Å². The van der Waals surface area contributed by atoms with Crippen molar-refractivity contribution in [1.82, 2.24) is 0 Å². The summed E-state index contributed by atoms with van der Waals surface area (Å²) < 4.78 is 0. The van der Waals surface area contributed by atoms with E-state index >= 15 is 0 Å². The summed E-state index contributed by atoms with van der Waals surface area (Å²) in [5.74, 6) is 1.15. The first kappa shape index (κ1) is 4.03. The van der Waals surface area contributed by atoms with Crippen LogP contribution in [0.15, 0.2) is 12.0 Å². The Morgan fingerprint density at radius 2 is 2.20 bits per heavy atom. The van der Waals surface area contributed by atoms with Crippen LogP contribution in [0.5, 0.6) is 0 Å². The Bertz CT molecular complexity index is 83.1. The zero-order valence-electron chi connectivity index (χ0n) is 2.39. The molecular weight excluding hydrogens is 68.0 g/mol. The van der Waals surface area contributed by atoms with Crippen molar-refractivity contribution < 1.29 is 9.90 Å². The molecule has 0 aromatic rings. The summed E-state index contributed by atoms with van der Waals surface area (Å²) in [6, 6.07) is 0. The first-order valence-electron chi connectivity index (χ1n) is 0.979. The molecule has 0 aliphatic heterocycles. The van der Waals surface area contributed by atoms with Gasteiger partial charge < -0.3 is 0 Å². The van der Waals surface area contributed by atoms with Crippen molar-refractivity contribution in [2.75, 3.05) is 0 Å². The molecule has 0 aromatic carbocycles. The van der Waals surface area contributed by atoms with Crippen molar-refractivity contribution in [3.8, 4) is 0 Å². The van der Waals surface area contributed by atoms with Crippen molar-refractivity contribution in [2.45, 2.75) is 0 Å². The van der Waals surface area contributed by atoms with Crippen molar-refractivity contribution in [3.63, 3.8) is 0 Å². The lowest BCUT2D eigenvalue weighted by atomic mass is 10.9. The van der Waals surface area contributed by atoms with Gasteiger partial charge in [-0.2, -0.15) is 0 Å². The minimum atomic E-state index is 0.257. The van der Waals surface area contributed by atoms with E-state index in [1.54, 1.807) is 5.73 Å². The van der Waals surface area contributed by atoms with E-state index in [1.165, 1.54) is 0 Å². The summed E-state index contributed by atoms with van der Waals surface area (Å²) in [6.07, 6.45) is 0.257. The molecule has 0 atom stereocenters. The number of carbonyl (C=O) groups excluding carboxylic acids is 1. The van der Waals surface area contributed by atoms with Crippen molar-refractivity contribution >= 4 is 5.94 Å². The normalized spacial score (nSPS) is 4.00. The first-order chi connectivity index (χ1) is 2.41. The predicted octanol–water partition coefficient (Wildman–Crippen LogP) is -0.0827. The average molecular weight is 69.0 g/mol. The van der Waals surface area contributed by atoms with Crippen LogP contribution in [0.4, 0.5) is 0 Å². The van der Waals surface area contributed by atoms with Crippen LogP contribution in [0.1, 0.15) is 0 Å². The molecule has 2 heteroatoms. The SMILES string of the molecule is [O]C=C=C=O. The topological polar surface area (TPSA) is 37.0 Å². The average Bonchev–Trinajstić information content (AvgIpc) is 1.41. The van der Waals surface area contributed by atoms with Gasteiger partial charge in [-0.05, 0) is 0 Å².